The third-order valence-corrected chi connectivity index (χ3v) is 5.10. The van der Waals surface area contributed by atoms with Crippen LogP contribution in [-0.4, -0.2) is 55.7 Å². The molecule has 0 atom stereocenters. The maximum Gasteiger partial charge on any atom is 0.315 e. The van der Waals surface area contributed by atoms with E-state index in [1.54, 1.807) is 0 Å². The largest absolute Gasteiger partial charge is 0.491 e. The van der Waals surface area contributed by atoms with E-state index in [4.69, 9.17) is 4.74 Å². The van der Waals surface area contributed by atoms with Gasteiger partial charge in [0.15, 0.2) is 0 Å². The van der Waals surface area contributed by atoms with Crippen LogP contribution in [0.4, 0.5) is 10.5 Å². The van der Waals surface area contributed by atoms with Crippen molar-refractivity contribution in [2.24, 2.45) is 0 Å². The third kappa shape index (κ3) is 7.20. The summed E-state index contributed by atoms with van der Waals surface area (Å²) < 4.78 is 5.67. The van der Waals surface area contributed by atoms with Gasteiger partial charge in [-0.05, 0) is 43.7 Å². The molecule has 7 heteroatoms. The molecule has 3 amide bonds. The lowest BCUT2D eigenvalue weighted by Gasteiger charge is -2.36. The number of rotatable bonds is 8. The predicted octanol–water partition coefficient (Wildman–Crippen LogP) is 3.01. The van der Waals surface area contributed by atoms with Gasteiger partial charge in [-0.15, -0.1) is 0 Å². The van der Waals surface area contributed by atoms with Crippen molar-refractivity contribution in [1.82, 2.24) is 15.5 Å². The summed E-state index contributed by atoms with van der Waals surface area (Å²) in [5.74, 6) is 0.860. The quantitative estimate of drug-likeness (QED) is 0.683. The van der Waals surface area contributed by atoms with E-state index >= 15 is 0 Å². The number of carbonyl (C=O) groups is 2. The number of amides is 3. The average molecular weight is 425 g/mol. The second-order valence-corrected chi connectivity index (χ2v) is 7.88. The minimum absolute atomic E-state index is 0.0755. The number of nitrogens with one attached hydrogen (secondary N) is 2. The first-order valence-electron chi connectivity index (χ1n) is 10.9. The van der Waals surface area contributed by atoms with E-state index in [0.717, 1.165) is 24.4 Å². The van der Waals surface area contributed by atoms with E-state index in [0.29, 0.717) is 32.6 Å². The van der Waals surface area contributed by atoms with Crippen molar-refractivity contribution in [1.29, 1.82) is 0 Å². The molecule has 31 heavy (non-hydrogen) atoms. The van der Waals surface area contributed by atoms with Gasteiger partial charge in [0.2, 0.25) is 5.91 Å². The van der Waals surface area contributed by atoms with Crippen molar-refractivity contribution < 1.29 is 14.3 Å². The summed E-state index contributed by atoms with van der Waals surface area (Å²) in [4.78, 5) is 28.7. The molecule has 0 spiro atoms. The molecule has 166 valence electrons. The lowest BCUT2D eigenvalue weighted by Crippen LogP contribution is -2.49. The van der Waals surface area contributed by atoms with Gasteiger partial charge < -0.3 is 25.2 Å². The maximum absolute atomic E-state index is 12.4. The number of hydrogen-bond acceptors (Lipinski definition) is 4. The molecule has 1 fully saturated rings. The van der Waals surface area contributed by atoms with E-state index in [1.807, 2.05) is 61.2 Å². The van der Waals surface area contributed by atoms with Gasteiger partial charge in [0.25, 0.3) is 0 Å². The molecule has 0 aromatic heterocycles. The topological polar surface area (TPSA) is 73.9 Å². The highest BCUT2D eigenvalue weighted by atomic mass is 16.5. The van der Waals surface area contributed by atoms with Crippen LogP contribution in [0.3, 0.4) is 0 Å². The van der Waals surface area contributed by atoms with E-state index in [2.05, 4.69) is 27.7 Å². The summed E-state index contributed by atoms with van der Waals surface area (Å²) in [5.41, 5.74) is 2.15. The van der Waals surface area contributed by atoms with Gasteiger partial charge in [0.1, 0.15) is 5.75 Å². The number of para-hydroxylation sites is 1. The Balaban J connectivity index is 1.33. The molecule has 2 N–H and O–H groups in total. The van der Waals surface area contributed by atoms with Gasteiger partial charge in [-0.25, -0.2) is 4.79 Å². The Morgan fingerprint density at radius 1 is 0.968 bits per heavy atom. The third-order valence-electron chi connectivity index (χ3n) is 5.10. The van der Waals surface area contributed by atoms with Crippen LogP contribution in [0, 0.1) is 0 Å². The van der Waals surface area contributed by atoms with Crippen molar-refractivity contribution in [3.05, 3.63) is 60.2 Å². The summed E-state index contributed by atoms with van der Waals surface area (Å²) in [6.07, 6.45) is 0.404. The fourth-order valence-corrected chi connectivity index (χ4v) is 3.54. The summed E-state index contributed by atoms with van der Waals surface area (Å²) in [7, 11) is 0. The highest BCUT2D eigenvalue weighted by Crippen LogP contribution is 2.16. The number of anilines is 1. The maximum atomic E-state index is 12.4. The van der Waals surface area contributed by atoms with Crippen LogP contribution in [0.2, 0.25) is 0 Å². The number of ether oxygens (including phenoxy) is 1. The van der Waals surface area contributed by atoms with Gasteiger partial charge in [-0.1, -0.05) is 30.3 Å². The molecular formula is C24H32N4O3. The Labute approximate surface area is 184 Å². The predicted molar refractivity (Wildman–Crippen MR) is 122 cm³/mol. The standard InChI is InChI=1S/C24H32N4O3/c1-19(2)31-22-10-6-7-20(17-22)18-26-24(30)25-12-11-23(29)28-15-13-27(14-16-28)21-8-4-3-5-9-21/h3-10,17,19H,11-16,18H2,1-2H3,(H2,25,26,30). The van der Waals surface area contributed by atoms with Crippen LogP contribution in [-0.2, 0) is 11.3 Å². The molecule has 3 rings (SSSR count). The molecule has 2 aromatic rings. The lowest BCUT2D eigenvalue weighted by molar-refractivity contribution is -0.131. The van der Waals surface area contributed by atoms with Crippen molar-refractivity contribution in [2.75, 3.05) is 37.6 Å². The first-order chi connectivity index (χ1) is 15.0. The highest BCUT2D eigenvalue weighted by Gasteiger charge is 2.20. The van der Waals surface area contributed by atoms with E-state index in [1.165, 1.54) is 5.69 Å². The monoisotopic (exact) mass is 424 g/mol. The number of benzene rings is 2. The Morgan fingerprint density at radius 3 is 2.42 bits per heavy atom. The zero-order valence-corrected chi connectivity index (χ0v) is 18.3. The molecule has 0 unspecified atom stereocenters. The van der Waals surface area contributed by atoms with Crippen LogP contribution < -0.4 is 20.3 Å². The first kappa shape index (κ1) is 22.5. The summed E-state index contributed by atoms with van der Waals surface area (Å²) >= 11 is 0. The zero-order valence-electron chi connectivity index (χ0n) is 18.3. The van der Waals surface area contributed by atoms with Gasteiger partial charge in [0.05, 0.1) is 6.10 Å². The van der Waals surface area contributed by atoms with Gasteiger partial charge in [-0.2, -0.15) is 0 Å². The summed E-state index contributed by atoms with van der Waals surface area (Å²) in [6.45, 7) is 7.72. The molecule has 0 saturated carbocycles. The van der Waals surface area contributed by atoms with Crippen LogP contribution in [0.5, 0.6) is 5.75 Å². The Morgan fingerprint density at radius 2 is 1.71 bits per heavy atom. The minimum atomic E-state index is -0.281. The first-order valence-corrected chi connectivity index (χ1v) is 10.9. The van der Waals surface area contributed by atoms with Gasteiger partial charge >= 0.3 is 6.03 Å². The molecular weight excluding hydrogens is 392 g/mol. The number of urea groups is 1. The second kappa shape index (κ2) is 11.2. The Hall–Kier alpha value is -3.22. The molecule has 1 heterocycles. The number of nitrogens with zero attached hydrogens (tertiary/aromatic N) is 2. The Kier molecular flexibility index (Phi) is 8.15. The molecule has 0 radical (unpaired) electrons. The number of carbonyl (C=O) groups excluding carboxylic acids is 2. The molecule has 7 nitrogen and oxygen atoms in total. The van der Waals surface area contributed by atoms with E-state index in [-0.39, 0.29) is 18.0 Å². The van der Waals surface area contributed by atoms with Crippen molar-refractivity contribution >= 4 is 17.6 Å². The van der Waals surface area contributed by atoms with Crippen LogP contribution in [0.25, 0.3) is 0 Å². The molecule has 0 aliphatic carbocycles. The van der Waals surface area contributed by atoms with Crippen LogP contribution >= 0.6 is 0 Å². The van der Waals surface area contributed by atoms with Crippen molar-refractivity contribution in [3.63, 3.8) is 0 Å². The normalized spacial score (nSPS) is 13.8. The number of piperazine rings is 1. The summed E-state index contributed by atoms with van der Waals surface area (Å²) in [5, 5.41) is 5.58. The fraction of sp³-hybridized carbons (Fsp3) is 0.417. The summed E-state index contributed by atoms with van der Waals surface area (Å²) in [6, 6.07) is 17.6. The van der Waals surface area contributed by atoms with E-state index < -0.39 is 0 Å². The number of hydrogen-bond donors (Lipinski definition) is 2. The molecule has 1 aliphatic heterocycles. The second-order valence-electron chi connectivity index (χ2n) is 7.88. The molecule has 0 bridgehead atoms. The smallest absolute Gasteiger partial charge is 0.315 e. The van der Waals surface area contributed by atoms with Gasteiger partial charge in [-0.3, -0.25) is 4.79 Å². The van der Waals surface area contributed by atoms with Crippen LogP contribution in [0.1, 0.15) is 25.8 Å². The minimum Gasteiger partial charge on any atom is -0.491 e. The van der Waals surface area contributed by atoms with Crippen molar-refractivity contribution in [3.8, 4) is 5.75 Å². The van der Waals surface area contributed by atoms with E-state index in [9.17, 15) is 9.59 Å². The lowest BCUT2D eigenvalue weighted by atomic mass is 10.2. The zero-order chi connectivity index (χ0) is 22.1. The van der Waals surface area contributed by atoms with Gasteiger partial charge in [0, 0.05) is 51.4 Å². The van der Waals surface area contributed by atoms with Crippen LogP contribution in [0.15, 0.2) is 54.6 Å². The Bertz CT molecular complexity index is 849. The SMILES string of the molecule is CC(C)Oc1cccc(CNC(=O)NCCC(=O)N2CCN(c3ccccc3)CC2)c1. The molecule has 2 aromatic carbocycles. The average Bonchev–Trinajstić information content (AvgIpc) is 2.78. The van der Waals surface area contributed by atoms with Crippen molar-refractivity contribution in [2.45, 2.75) is 32.9 Å². The fourth-order valence-electron chi connectivity index (χ4n) is 3.54. The molecule has 1 saturated heterocycles. The molecule has 1 aliphatic rings. The highest BCUT2D eigenvalue weighted by molar-refractivity contribution is 5.78.